The van der Waals surface area contributed by atoms with Gasteiger partial charge in [0.2, 0.25) is 15.9 Å². The van der Waals surface area contributed by atoms with Crippen molar-refractivity contribution in [3.63, 3.8) is 0 Å². The second-order valence-electron chi connectivity index (χ2n) is 7.26. The van der Waals surface area contributed by atoms with Crippen LogP contribution in [0.25, 0.3) is 0 Å². The van der Waals surface area contributed by atoms with Crippen LogP contribution < -0.4 is 14.9 Å². The van der Waals surface area contributed by atoms with Crippen LogP contribution in [0.15, 0.2) is 71.3 Å². The van der Waals surface area contributed by atoms with Crippen LogP contribution in [0.1, 0.15) is 29.5 Å². The van der Waals surface area contributed by atoms with Crippen LogP contribution in [-0.4, -0.2) is 32.5 Å². The summed E-state index contributed by atoms with van der Waals surface area (Å²) in [7, 11) is -3.80. The van der Waals surface area contributed by atoms with E-state index in [9.17, 15) is 18.0 Å². The van der Waals surface area contributed by atoms with Crippen molar-refractivity contribution in [2.75, 3.05) is 15.9 Å². The van der Waals surface area contributed by atoms with E-state index >= 15 is 0 Å². The van der Waals surface area contributed by atoms with E-state index in [2.05, 4.69) is 10.6 Å². The molecule has 1 heterocycles. The van der Waals surface area contributed by atoms with Crippen LogP contribution in [-0.2, 0) is 21.4 Å². The van der Waals surface area contributed by atoms with Gasteiger partial charge in [0.05, 0.1) is 36.0 Å². The Hall–Kier alpha value is -3.30. The van der Waals surface area contributed by atoms with Crippen molar-refractivity contribution in [2.45, 2.75) is 25.9 Å². The number of hydrogen-bond donors (Lipinski definition) is 2. The zero-order valence-corrected chi connectivity index (χ0v) is 19.7. The number of halogens is 1. The molecule has 3 aromatic rings. The summed E-state index contributed by atoms with van der Waals surface area (Å²) in [5.41, 5.74) is 0.820. The Labute approximate surface area is 197 Å². The smallest absolute Gasteiger partial charge is 0.253 e. The number of anilines is 2. The number of rotatable bonds is 9. The van der Waals surface area contributed by atoms with Crippen molar-refractivity contribution in [1.29, 1.82) is 0 Å². The summed E-state index contributed by atoms with van der Waals surface area (Å²) in [6.45, 7) is 1.89. The number of carbonyl (C=O) groups is 2. The fourth-order valence-corrected chi connectivity index (χ4v) is 4.67. The highest BCUT2D eigenvalue weighted by molar-refractivity contribution is 7.92. The molecule has 2 amide bonds. The van der Waals surface area contributed by atoms with E-state index < -0.39 is 27.9 Å². The molecule has 8 nitrogen and oxygen atoms in total. The fraction of sp³-hybridized carbons (Fsp3) is 0.217. The zero-order valence-electron chi connectivity index (χ0n) is 18.1. The van der Waals surface area contributed by atoms with Gasteiger partial charge in [-0.3, -0.25) is 13.9 Å². The fourth-order valence-electron chi connectivity index (χ4n) is 3.33. The van der Waals surface area contributed by atoms with Gasteiger partial charge in [0, 0.05) is 5.02 Å². The molecule has 1 atom stereocenters. The lowest BCUT2D eigenvalue weighted by Crippen LogP contribution is -2.47. The first-order valence-corrected chi connectivity index (χ1v) is 12.4. The number of sulfonamides is 1. The molecule has 2 aromatic carbocycles. The molecule has 174 valence electrons. The number of benzene rings is 2. The maximum atomic E-state index is 13.2. The molecule has 0 saturated carbocycles. The van der Waals surface area contributed by atoms with Crippen molar-refractivity contribution in [3.05, 3.63) is 83.3 Å². The molecule has 2 N–H and O–H groups in total. The zero-order chi connectivity index (χ0) is 24.0. The normalized spacial score (nSPS) is 12.1. The Kier molecular flexibility index (Phi) is 7.78. The highest BCUT2D eigenvalue weighted by Crippen LogP contribution is 2.25. The number of furan rings is 1. The Morgan fingerprint density at radius 3 is 2.36 bits per heavy atom. The lowest BCUT2D eigenvalue weighted by molar-refractivity contribution is -0.117. The number of amides is 2. The van der Waals surface area contributed by atoms with E-state index in [1.807, 2.05) is 0 Å². The maximum absolute atomic E-state index is 13.2. The van der Waals surface area contributed by atoms with Crippen LogP contribution >= 0.6 is 11.6 Å². The number of carbonyl (C=O) groups excluding carboxylic acids is 2. The van der Waals surface area contributed by atoms with Gasteiger partial charge in [-0.15, -0.1) is 0 Å². The van der Waals surface area contributed by atoms with E-state index in [1.54, 1.807) is 55.5 Å². The first kappa shape index (κ1) is 24.3. The molecule has 0 radical (unpaired) electrons. The second kappa shape index (κ2) is 10.5. The summed E-state index contributed by atoms with van der Waals surface area (Å²) in [5.74, 6) is -0.389. The van der Waals surface area contributed by atoms with Crippen molar-refractivity contribution < 1.29 is 22.4 Å². The third-order valence-corrected chi connectivity index (χ3v) is 6.28. The Balaban J connectivity index is 1.84. The van der Waals surface area contributed by atoms with E-state index in [-0.39, 0.29) is 24.2 Å². The molecule has 0 fully saturated rings. The minimum absolute atomic E-state index is 0.185. The van der Waals surface area contributed by atoms with Crippen LogP contribution in [0.4, 0.5) is 11.4 Å². The third-order valence-electron chi connectivity index (χ3n) is 4.84. The lowest BCUT2D eigenvalue weighted by atomic mass is 10.1. The van der Waals surface area contributed by atoms with Gasteiger partial charge in [0.15, 0.2) is 0 Å². The monoisotopic (exact) mass is 489 g/mol. The number of nitrogens with zero attached hydrogens (tertiary/aromatic N) is 1. The standard InChI is InChI=1S/C23H24ClN3O5S/c1-3-21(27(33(2,30)31)17-12-10-16(24)11-13-17)23(29)26-20-9-5-4-8-19(20)22(28)25-15-18-7-6-14-32-18/h4-14,21H,3,15H2,1-2H3,(H,25,28)(H,26,29)/t21-/m0/s1. The van der Waals surface area contributed by atoms with Crippen molar-refractivity contribution in [2.24, 2.45) is 0 Å². The van der Waals surface area contributed by atoms with Gasteiger partial charge in [-0.1, -0.05) is 30.7 Å². The highest BCUT2D eigenvalue weighted by atomic mass is 35.5. The average Bonchev–Trinajstić information content (AvgIpc) is 3.30. The number of para-hydroxylation sites is 1. The summed E-state index contributed by atoms with van der Waals surface area (Å²) in [4.78, 5) is 25.9. The van der Waals surface area contributed by atoms with Gasteiger partial charge in [-0.25, -0.2) is 8.42 Å². The topological polar surface area (TPSA) is 109 Å². The number of hydrogen-bond acceptors (Lipinski definition) is 5. The molecule has 0 aliphatic rings. The largest absolute Gasteiger partial charge is 0.467 e. The molecular weight excluding hydrogens is 466 g/mol. The minimum Gasteiger partial charge on any atom is -0.467 e. The molecule has 0 aliphatic carbocycles. The van der Waals surface area contributed by atoms with Crippen LogP contribution in [0.2, 0.25) is 5.02 Å². The predicted octanol–water partition coefficient (Wildman–Crippen LogP) is 4.05. The molecule has 3 rings (SSSR count). The van der Waals surface area contributed by atoms with Gasteiger partial charge in [0.1, 0.15) is 11.8 Å². The lowest BCUT2D eigenvalue weighted by Gasteiger charge is -2.30. The molecular formula is C23H24ClN3O5S. The quantitative estimate of drug-likeness (QED) is 0.471. The highest BCUT2D eigenvalue weighted by Gasteiger charge is 2.32. The van der Waals surface area contributed by atoms with Crippen molar-refractivity contribution in [3.8, 4) is 0 Å². The van der Waals surface area contributed by atoms with Crippen LogP contribution in [0.3, 0.4) is 0 Å². The van der Waals surface area contributed by atoms with Crippen molar-refractivity contribution >= 4 is 44.8 Å². The molecule has 1 aromatic heterocycles. The summed E-state index contributed by atoms with van der Waals surface area (Å²) in [5, 5.41) is 5.89. The SMILES string of the molecule is CC[C@@H](C(=O)Nc1ccccc1C(=O)NCc1ccco1)N(c1ccc(Cl)cc1)S(C)(=O)=O. The van der Waals surface area contributed by atoms with Gasteiger partial charge in [0.25, 0.3) is 5.91 Å². The molecule has 0 aliphatic heterocycles. The summed E-state index contributed by atoms with van der Waals surface area (Å²) in [6.07, 6.45) is 2.75. The summed E-state index contributed by atoms with van der Waals surface area (Å²) >= 11 is 5.93. The van der Waals surface area contributed by atoms with E-state index in [0.717, 1.165) is 10.6 Å². The molecule has 10 heteroatoms. The molecule has 0 spiro atoms. The van der Waals surface area contributed by atoms with E-state index in [4.69, 9.17) is 16.0 Å². The third kappa shape index (κ3) is 6.15. The first-order valence-electron chi connectivity index (χ1n) is 10.2. The van der Waals surface area contributed by atoms with E-state index in [1.165, 1.54) is 18.4 Å². The predicted molar refractivity (Wildman–Crippen MR) is 128 cm³/mol. The van der Waals surface area contributed by atoms with Gasteiger partial charge in [-0.2, -0.15) is 0 Å². The molecule has 0 saturated heterocycles. The Morgan fingerprint density at radius 1 is 1.06 bits per heavy atom. The van der Waals surface area contributed by atoms with Crippen molar-refractivity contribution in [1.82, 2.24) is 5.32 Å². The average molecular weight is 490 g/mol. The minimum atomic E-state index is -3.80. The van der Waals surface area contributed by atoms with Crippen LogP contribution in [0.5, 0.6) is 0 Å². The van der Waals surface area contributed by atoms with E-state index in [0.29, 0.717) is 16.5 Å². The van der Waals surface area contributed by atoms with Gasteiger partial charge in [-0.05, 0) is 55.0 Å². The Morgan fingerprint density at radius 2 is 1.76 bits per heavy atom. The first-order chi connectivity index (χ1) is 15.7. The van der Waals surface area contributed by atoms with Crippen LogP contribution in [0, 0.1) is 0 Å². The summed E-state index contributed by atoms with van der Waals surface area (Å²) in [6, 6.07) is 15.1. The number of nitrogens with one attached hydrogen (secondary N) is 2. The molecule has 0 bridgehead atoms. The second-order valence-corrected chi connectivity index (χ2v) is 9.55. The summed E-state index contributed by atoms with van der Waals surface area (Å²) < 4.78 is 31.4. The molecule has 0 unspecified atom stereocenters. The van der Waals surface area contributed by atoms with Gasteiger partial charge >= 0.3 is 0 Å². The Bertz CT molecular complexity index is 1210. The van der Waals surface area contributed by atoms with Gasteiger partial charge < -0.3 is 15.1 Å². The molecule has 33 heavy (non-hydrogen) atoms. The maximum Gasteiger partial charge on any atom is 0.253 e.